The molecule has 1 aliphatic rings. The Balaban J connectivity index is 1.77. The summed E-state index contributed by atoms with van der Waals surface area (Å²) < 4.78 is 1.85. The van der Waals surface area contributed by atoms with Crippen LogP contribution in [0.15, 0.2) is 6.07 Å². The highest BCUT2D eigenvalue weighted by Crippen LogP contribution is 2.07. The van der Waals surface area contributed by atoms with E-state index in [0.717, 1.165) is 18.8 Å². The molecule has 1 aliphatic heterocycles. The number of likely N-dealkylation sites (tertiary alicyclic amines) is 1. The second-order valence-electron chi connectivity index (χ2n) is 5.14. The van der Waals surface area contributed by atoms with Crippen molar-refractivity contribution >= 4 is 5.91 Å². The number of nitrogens with one attached hydrogen (secondary N) is 1. The minimum absolute atomic E-state index is 0.0627. The molecule has 5 heteroatoms. The summed E-state index contributed by atoms with van der Waals surface area (Å²) in [6, 6.07) is 1.85. The van der Waals surface area contributed by atoms with Gasteiger partial charge < -0.3 is 10.2 Å². The number of hydrogen-bond donors (Lipinski definition) is 1. The number of carbonyl (C=O) groups excluding carboxylic acids is 1. The Labute approximate surface area is 115 Å². The highest BCUT2D eigenvalue weighted by Gasteiger charge is 2.13. The van der Waals surface area contributed by atoms with Crippen molar-refractivity contribution in [2.75, 3.05) is 26.2 Å². The summed E-state index contributed by atoms with van der Waals surface area (Å²) in [7, 11) is 0. The summed E-state index contributed by atoms with van der Waals surface area (Å²) in [6.07, 6.45) is 3.92. The lowest BCUT2D eigenvalue weighted by Gasteiger charge is -2.26. The smallest absolute Gasteiger partial charge is 0.271 e. The van der Waals surface area contributed by atoms with E-state index in [1.807, 2.05) is 24.6 Å². The van der Waals surface area contributed by atoms with Crippen molar-refractivity contribution in [3.63, 3.8) is 0 Å². The summed E-state index contributed by atoms with van der Waals surface area (Å²) in [6.45, 7) is 8.78. The maximum atomic E-state index is 12.0. The minimum atomic E-state index is -0.0627. The van der Waals surface area contributed by atoms with Gasteiger partial charge in [-0.15, -0.1) is 0 Å². The van der Waals surface area contributed by atoms with Crippen molar-refractivity contribution in [2.45, 2.75) is 39.7 Å². The fourth-order valence-corrected chi connectivity index (χ4v) is 2.54. The monoisotopic (exact) mass is 264 g/mol. The number of amides is 1. The zero-order valence-corrected chi connectivity index (χ0v) is 12.0. The van der Waals surface area contributed by atoms with Crippen LogP contribution in [0, 0.1) is 6.92 Å². The molecule has 2 rings (SSSR count). The molecule has 5 nitrogen and oxygen atoms in total. The van der Waals surface area contributed by atoms with Gasteiger partial charge in [-0.2, -0.15) is 5.10 Å². The highest BCUT2D eigenvalue weighted by atomic mass is 16.1. The van der Waals surface area contributed by atoms with E-state index in [9.17, 15) is 4.79 Å². The molecule has 0 spiro atoms. The zero-order chi connectivity index (χ0) is 13.7. The van der Waals surface area contributed by atoms with Crippen molar-refractivity contribution < 1.29 is 4.79 Å². The molecule has 0 bridgehead atoms. The number of rotatable bonds is 5. The maximum absolute atomic E-state index is 12.0. The van der Waals surface area contributed by atoms with E-state index in [1.165, 1.54) is 32.4 Å². The number of aryl methyl sites for hydroxylation is 2. The molecule has 0 saturated carbocycles. The fourth-order valence-electron chi connectivity index (χ4n) is 2.54. The van der Waals surface area contributed by atoms with Gasteiger partial charge in [0.05, 0.1) is 0 Å². The van der Waals surface area contributed by atoms with E-state index in [-0.39, 0.29) is 5.91 Å². The van der Waals surface area contributed by atoms with Crippen LogP contribution in [0.4, 0.5) is 0 Å². The van der Waals surface area contributed by atoms with Crippen LogP contribution in [0.1, 0.15) is 42.4 Å². The van der Waals surface area contributed by atoms with E-state index in [4.69, 9.17) is 0 Å². The summed E-state index contributed by atoms with van der Waals surface area (Å²) in [5.41, 5.74) is 1.56. The van der Waals surface area contributed by atoms with E-state index in [1.54, 1.807) is 0 Å². The topological polar surface area (TPSA) is 50.2 Å². The van der Waals surface area contributed by atoms with Gasteiger partial charge in [-0.05, 0) is 45.8 Å². The van der Waals surface area contributed by atoms with Gasteiger partial charge in [0, 0.05) is 25.3 Å². The van der Waals surface area contributed by atoms with Crippen LogP contribution in [-0.4, -0.2) is 46.8 Å². The van der Waals surface area contributed by atoms with Gasteiger partial charge in [-0.3, -0.25) is 9.48 Å². The number of aromatic nitrogens is 2. The number of carbonyl (C=O) groups is 1. The predicted octanol–water partition coefficient (Wildman–Crippen LogP) is 1.43. The molecule has 1 fully saturated rings. The molecule has 0 atom stereocenters. The summed E-state index contributed by atoms with van der Waals surface area (Å²) in [4.78, 5) is 14.4. The number of hydrogen-bond acceptors (Lipinski definition) is 3. The van der Waals surface area contributed by atoms with Gasteiger partial charge in [0.15, 0.2) is 0 Å². The third-order valence-corrected chi connectivity index (χ3v) is 3.68. The minimum Gasteiger partial charge on any atom is -0.349 e. The largest absolute Gasteiger partial charge is 0.349 e. The van der Waals surface area contributed by atoms with Crippen molar-refractivity contribution in [1.29, 1.82) is 0 Å². The first-order valence-electron chi connectivity index (χ1n) is 7.25. The van der Waals surface area contributed by atoms with Gasteiger partial charge in [-0.25, -0.2) is 0 Å². The summed E-state index contributed by atoms with van der Waals surface area (Å²) in [5.74, 6) is -0.0627. The van der Waals surface area contributed by atoms with E-state index < -0.39 is 0 Å². The average Bonchev–Trinajstić information content (AvgIpc) is 2.81. The van der Waals surface area contributed by atoms with Crippen molar-refractivity contribution in [1.82, 2.24) is 20.0 Å². The van der Waals surface area contributed by atoms with E-state index >= 15 is 0 Å². The second-order valence-corrected chi connectivity index (χ2v) is 5.14. The maximum Gasteiger partial charge on any atom is 0.271 e. The van der Waals surface area contributed by atoms with Crippen LogP contribution in [0.25, 0.3) is 0 Å². The lowest BCUT2D eigenvalue weighted by molar-refractivity contribution is 0.0940. The third-order valence-electron chi connectivity index (χ3n) is 3.68. The quantitative estimate of drug-likeness (QED) is 0.875. The first-order chi connectivity index (χ1) is 9.20. The van der Waals surface area contributed by atoms with Crippen LogP contribution in [0.5, 0.6) is 0 Å². The van der Waals surface area contributed by atoms with E-state index in [0.29, 0.717) is 12.2 Å². The average molecular weight is 264 g/mol. The summed E-state index contributed by atoms with van der Waals surface area (Å²) >= 11 is 0. The lowest BCUT2D eigenvalue weighted by Crippen LogP contribution is -2.37. The molecule has 1 aromatic heterocycles. The molecule has 0 unspecified atom stereocenters. The Hall–Kier alpha value is -1.36. The zero-order valence-electron chi connectivity index (χ0n) is 12.0. The Morgan fingerprint density at radius 1 is 1.37 bits per heavy atom. The van der Waals surface area contributed by atoms with Crippen LogP contribution in [0.2, 0.25) is 0 Å². The molecule has 1 saturated heterocycles. The first kappa shape index (κ1) is 14.1. The van der Waals surface area contributed by atoms with Gasteiger partial charge in [0.2, 0.25) is 0 Å². The summed E-state index contributed by atoms with van der Waals surface area (Å²) in [5, 5.41) is 7.24. The molecular weight excluding hydrogens is 240 g/mol. The van der Waals surface area contributed by atoms with Crippen LogP contribution < -0.4 is 5.32 Å². The molecule has 1 aromatic rings. The molecule has 0 radical (unpaired) electrons. The molecule has 19 heavy (non-hydrogen) atoms. The lowest BCUT2D eigenvalue weighted by atomic mass is 10.1. The predicted molar refractivity (Wildman–Crippen MR) is 75.3 cm³/mol. The van der Waals surface area contributed by atoms with Crippen LogP contribution in [-0.2, 0) is 6.54 Å². The molecule has 0 aromatic carbocycles. The molecule has 1 N–H and O–H groups in total. The Morgan fingerprint density at radius 2 is 2.11 bits per heavy atom. The SMILES string of the molecule is CCn1nc(C(=O)NCCN2CCCCC2)cc1C. The molecule has 106 valence electrons. The molecule has 0 aliphatic carbocycles. The van der Waals surface area contributed by atoms with Crippen molar-refractivity contribution in [3.05, 3.63) is 17.5 Å². The Kier molecular flexibility index (Phi) is 4.96. The normalized spacial score (nSPS) is 16.5. The van der Waals surface area contributed by atoms with Gasteiger partial charge >= 0.3 is 0 Å². The fraction of sp³-hybridized carbons (Fsp3) is 0.714. The van der Waals surface area contributed by atoms with Crippen LogP contribution in [0.3, 0.4) is 0 Å². The molecule has 2 heterocycles. The van der Waals surface area contributed by atoms with Gasteiger partial charge in [-0.1, -0.05) is 6.42 Å². The number of nitrogens with zero attached hydrogens (tertiary/aromatic N) is 3. The first-order valence-corrected chi connectivity index (χ1v) is 7.25. The Bertz CT molecular complexity index is 421. The van der Waals surface area contributed by atoms with Crippen molar-refractivity contribution in [3.8, 4) is 0 Å². The number of piperidine rings is 1. The highest BCUT2D eigenvalue weighted by molar-refractivity contribution is 5.92. The van der Waals surface area contributed by atoms with Crippen LogP contribution >= 0.6 is 0 Å². The third kappa shape index (κ3) is 3.80. The van der Waals surface area contributed by atoms with Crippen molar-refractivity contribution in [2.24, 2.45) is 0 Å². The van der Waals surface area contributed by atoms with Gasteiger partial charge in [0.25, 0.3) is 5.91 Å². The Morgan fingerprint density at radius 3 is 2.74 bits per heavy atom. The molecule has 1 amide bonds. The van der Waals surface area contributed by atoms with Gasteiger partial charge in [0.1, 0.15) is 5.69 Å². The standard InChI is InChI=1S/C14H24N4O/c1-3-18-12(2)11-13(16-18)14(19)15-7-10-17-8-5-4-6-9-17/h11H,3-10H2,1-2H3,(H,15,19). The molecular formula is C14H24N4O. The van der Waals surface area contributed by atoms with E-state index in [2.05, 4.69) is 15.3 Å². The second kappa shape index (κ2) is 6.70.